The molecule has 0 N–H and O–H groups in total. The van der Waals surface area contributed by atoms with Gasteiger partial charge in [-0.05, 0) is 54.6 Å². The minimum atomic E-state index is 0.656. The van der Waals surface area contributed by atoms with Gasteiger partial charge in [0, 0.05) is 60.0 Å². The van der Waals surface area contributed by atoms with Crippen LogP contribution < -0.4 is 0 Å². The van der Waals surface area contributed by atoms with Crippen LogP contribution in [0, 0.1) is 0 Å². The van der Waals surface area contributed by atoms with E-state index in [1.54, 1.807) is 0 Å². The number of aromatic nitrogens is 3. The van der Waals surface area contributed by atoms with Crippen molar-refractivity contribution in [1.29, 1.82) is 0 Å². The van der Waals surface area contributed by atoms with Crippen LogP contribution in [-0.2, 0) is 0 Å². The molecule has 0 unspecified atom stereocenters. The first kappa shape index (κ1) is 28.7. The molecule has 0 fully saturated rings. The number of rotatable bonds is 4. The third-order valence-corrected chi connectivity index (χ3v) is 10.1. The van der Waals surface area contributed by atoms with Gasteiger partial charge in [0.05, 0.1) is 22.6 Å². The number of hydrogen-bond donors (Lipinski definition) is 0. The molecule has 11 aromatic rings. The van der Waals surface area contributed by atoms with Gasteiger partial charge in [-0.2, -0.15) is 0 Å². The average Bonchev–Trinajstić information content (AvgIpc) is 3.79. The summed E-state index contributed by atoms with van der Waals surface area (Å²) in [6.45, 7) is 0. The summed E-state index contributed by atoms with van der Waals surface area (Å²) in [5.74, 6) is 0.656. The number of fused-ring (bicyclic) bond motifs is 10. The van der Waals surface area contributed by atoms with Gasteiger partial charge in [0.15, 0.2) is 5.82 Å². The summed E-state index contributed by atoms with van der Waals surface area (Å²) in [5, 5.41) is 7.57. The Morgan fingerprint density at radius 3 is 1.71 bits per heavy atom. The lowest BCUT2D eigenvalue weighted by Crippen LogP contribution is -1.96. The number of nitrogens with zero attached hydrogens (tertiary/aromatic N) is 3. The Kier molecular flexibility index (Phi) is 6.18. The van der Waals surface area contributed by atoms with Crippen LogP contribution in [0.4, 0.5) is 0 Å². The summed E-state index contributed by atoms with van der Waals surface area (Å²) in [6.07, 6.45) is 0. The smallest absolute Gasteiger partial charge is 0.160 e. The number of furan rings is 2. The molecule has 0 radical (unpaired) electrons. The second-order valence-electron chi connectivity index (χ2n) is 13.2. The highest BCUT2D eigenvalue weighted by Gasteiger charge is 2.19. The minimum absolute atomic E-state index is 0.656. The maximum atomic E-state index is 6.40. The van der Waals surface area contributed by atoms with Crippen LogP contribution in [0.1, 0.15) is 0 Å². The molecule has 5 heteroatoms. The van der Waals surface area contributed by atoms with Gasteiger partial charge < -0.3 is 8.83 Å². The van der Waals surface area contributed by atoms with E-state index >= 15 is 0 Å². The van der Waals surface area contributed by atoms with Gasteiger partial charge in [0.25, 0.3) is 0 Å². The molecule has 5 nitrogen and oxygen atoms in total. The van der Waals surface area contributed by atoms with Gasteiger partial charge in [0.2, 0.25) is 0 Å². The van der Waals surface area contributed by atoms with Gasteiger partial charge in [0.1, 0.15) is 22.3 Å². The van der Waals surface area contributed by atoms with Crippen LogP contribution in [0.5, 0.6) is 0 Å². The Balaban J connectivity index is 1.18. The van der Waals surface area contributed by atoms with Crippen molar-refractivity contribution in [2.24, 2.45) is 0 Å². The van der Waals surface area contributed by atoms with Crippen molar-refractivity contribution in [2.45, 2.75) is 0 Å². The van der Waals surface area contributed by atoms with E-state index in [2.05, 4.69) is 109 Å². The quantitative estimate of drug-likeness (QED) is 0.175. The predicted molar refractivity (Wildman–Crippen MR) is 211 cm³/mol. The average molecular weight is 666 g/mol. The third kappa shape index (κ3) is 4.46. The molecule has 242 valence electrons. The molecule has 0 aliphatic carbocycles. The van der Waals surface area contributed by atoms with E-state index in [1.807, 2.05) is 54.6 Å². The maximum absolute atomic E-state index is 6.40. The summed E-state index contributed by atoms with van der Waals surface area (Å²) in [7, 11) is 0. The Labute approximate surface area is 297 Å². The fourth-order valence-corrected chi connectivity index (χ4v) is 7.63. The summed E-state index contributed by atoms with van der Waals surface area (Å²) < 4.78 is 12.7. The fraction of sp³-hybridized carbons (Fsp3) is 0. The normalized spacial score (nSPS) is 11.8. The van der Waals surface area contributed by atoms with E-state index in [-0.39, 0.29) is 0 Å². The summed E-state index contributed by atoms with van der Waals surface area (Å²) in [4.78, 5) is 15.6. The zero-order valence-electron chi connectivity index (χ0n) is 27.7. The van der Waals surface area contributed by atoms with E-state index in [1.165, 1.54) is 0 Å². The molecule has 52 heavy (non-hydrogen) atoms. The molecule has 0 aliphatic rings. The first-order valence-electron chi connectivity index (χ1n) is 17.3. The molecule has 0 spiro atoms. The van der Waals surface area contributed by atoms with Gasteiger partial charge in [-0.1, -0.05) is 109 Å². The van der Waals surface area contributed by atoms with Gasteiger partial charge in [-0.25, -0.2) is 15.0 Å². The van der Waals surface area contributed by atoms with Crippen molar-refractivity contribution in [2.75, 3.05) is 0 Å². The number of hydrogen-bond acceptors (Lipinski definition) is 5. The Hall–Kier alpha value is -7.11. The lowest BCUT2D eigenvalue weighted by Gasteiger charge is -2.13. The largest absolute Gasteiger partial charge is 0.456 e. The Bertz CT molecular complexity index is 3180. The zero-order valence-corrected chi connectivity index (χ0v) is 27.7. The van der Waals surface area contributed by atoms with E-state index < -0.39 is 0 Å². The first-order valence-corrected chi connectivity index (χ1v) is 17.3. The van der Waals surface area contributed by atoms with Gasteiger partial charge in [-0.15, -0.1) is 0 Å². The van der Waals surface area contributed by atoms with Crippen LogP contribution in [0.15, 0.2) is 173 Å². The summed E-state index contributed by atoms with van der Waals surface area (Å²) in [6, 6.07) is 56.0. The standard InChI is InChI=1S/C47H27N3O2/c1-3-11-28(12-4-1)46-35-22-24-42-45(34-16-8-10-18-41(34)51-42)44(35)36-25-30(20-23-37(36)48-46)38-27-39(50-47(49-38)29-13-5-2-6-14-29)31-19-21-33-32-15-7-9-17-40(32)52-43(33)26-31/h1-27H. The highest BCUT2D eigenvalue weighted by atomic mass is 16.3. The molecule has 4 heterocycles. The lowest BCUT2D eigenvalue weighted by molar-refractivity contribution is 0.668. The molecule has 0 aliphatic heterocycles. The monoisotopic (exact) mass is 665 g/mol. The van der Waals surface area contributed by atoms with Gasteiger partial charge >= 0.3 is 0 Å². The van der Waals surface area contributed by atoms with E-state index in [4.69, 9.17) is 23.8 Å². The van der Waals surface area contributed by atoms with Crippen molar-refractivity contribution >= 4 is 65.6 Å². The maximum Gasteiger partial charge on any atom is 0.160 e. The van der Waals surface area contributed by atoms with Crippen LogP contribution in [-0.4, -0.2) is 15.0 Å². The molecular formula is C47H27N3O2. The molecular weight excluding hydrogens is 639 g/mol. The van der Waals surface area contributed by atoms with E-state index in [0.29, 0.717) is 5.82 Å². The highest BCUT2D eigenvalue weighted by Crippen LogP contribution is 2.42. The van der Waals surface area contributed by atoms with E-state index in [0.717, 1.165) is 105 Å². The third-order valence-electron chi connectivity index (χ3n) is 10.1. The molecule has 0 saturated carbocycles. The molecule has 0 amide bonds. The molecule has 0 bridgehead atoms. The highest BCUT2D eigenvalue weighted by molar-refractivity contribution is 6.28. The minimum Gasteiger partial charge on any atom is -0.456 e. The van der Waals surface area contributed by atoms with Crippen molar-refractivity contribution in [3.05, 3.63) is 164 Å². The van der Waals surface area contributed by atoms with Crippen LogP contribution in [0.25, 0.3) is 111 Å². The van der Waals surface area contributed by atoms with Crippen molar-refractivity contribution in [1.82, 2.24) is 15.0 Å². The lowest BCUT2D eigenvalue weighted by atomic mass is 9.95. The summed E-state index contributed by atoms with van der Waals surface area (Å²) >= 11 is 0. The van der Waals surface area contributed by atoms with Crippen molar-refractivity contribution in [3.63, 3.8) is 0 Å². The number of pyridine rings is 1. The predicted octanol–water partition coefficient (Wildman–Crippen LogP) is 12.6. The summed E-state index contributed by atoms with van der Waals surface area (Å²) in [5.41, 5.74) is 10.8. The van der Waals surface area contributed by atoms with Crippen molar-refractivity contribution < 1.29 is 8.83 Å². The van der Waals surface area contributed by atoms with Crippen LogP contribution in [0.2, 0.25) is 0 Å². The van der Waals surface area contributed by atoms with Crippen LogP contribution in [0.3, 0.4) is 0 Å². The Morgan fingerprint density at radius 2 is 0.923 bits per heavy atom. The first-order chi connectivity index (χ1) is 25.7. The Morgan fingerprint density at radius 1 is 0.327 bits per heavy atom. The molecule has 0 saturated heterocycles. The fourth-order valence-electron chi connectivity index (χ4n) is 7.63. The number of benzene rings is 7. The zero-order chi connectivity index (χ0) is 34.2. The van der Waals surface area contributed by atoms with Gasteiger partial charge in [-0.3, -0.25) is 0 Å². The second-order valence-corrected chi connectivity index (χ2v) is 13.2. The molecule has 4 aromatic heterocycles. The number of para-hydroxylation sites is 2. The second kappa shape index (κ2) is 11.2. The topological polar surface area (TPSA) is 65.0 Å². The molecule has 0 atom stereocenters. The van der Waals surface area contributed by atoms with Crippen LogP contribution >= 0.6 is 0 Å². The molecule has 7 aromatic carbocycles. The SMILES string of the molecule is c1ccc(-c2nc(-c3ccc4c(c3)oc3ccccc34)cc(-c3ccc4nc(-c5ccccc5)c5ccc6oc7ccccc7c6c5c4c3)n2)cc1. The van der Waals surface area contributed by atoms with Crippen molar-refractivity contribution in [3.8, 4) is 45.2 Å². The molecule has 11 rings (SSSR count). The van der Waals surface area contributed by atoms with E-state index in [9.17, 15) is 0 Å².